The maximum absolute atomic E-state index is 12.4. The molecule has 0 saturated heterocycles. The Kier molecular flexibility index (Phi) is 6.19. The van der Waals surface area contributed by atoms with Crippen molar-refractivity contribution >= 4 is 17.7 Å². The van der Waals surface area contributed by atoms with E-state index in [1.54, 1.807) is 24.3 Å². The number of carbonyl (C=O) groups is 1. The molecule has 128 valence electrons. The molecule has 0 unspecified atom stereocenters. The minimum Gasteiger partial charge on any atom is -0.493 e. The molecule has 0 spiro atoms. The van der Waals surface area contributed by atoms with E-state index in [0.29, 0.717) is 17.2 Å². The molecule has 0 atom stereocenters. The van der Waals surface area contributed by atoms with E-state index in [4.69, 9.17) is 9.47 Å². The van der Waals surface area contributed by atoms with Crippen LogP contribution in [0.3, 0.4) is 0 Å². The van der Waals surface area contributed by atoms with E-state index in [1.165, 1.54) is 19.8 Å². The summed E-state index contributed by atoms with van der Waals surface area (Å²) in [6, 6.07) is 14.7. The number of amides is 1. The molecule has 0 aromatic heterocycles. The van der Waals surface area contributed by atoms with Gasteiger partial charge in [-0.3, -0.25) is 4.79 Å². The molecule has 2 aromatic carbocycles. The Balaban J connectivity index is 2.19. The van der Waals surface area contributed by atoms with Crippen molar-refractivity contribution in [3.8, 4) is 17.6 Å². The first kappa shape index (κ1) is 18.1. The highest BCUT2D eigenvalue weighted by Gasteiger charge is 2.11. The maximum Gasteiger partial charge on any atom is 0.266 e. The van der Waals surface area contributed by atoms with Gasteiger partial charge in [-0.15, -0.1) is 0 Å². The van der Waals surface area contributed by atoms with Crippen LogP contribution in [0.2, 0.25) is 0 Å². The van der Waals surface area contributed by atoms with Crippen molar-refractivity contribution in [1.29, 1.82) is 5.26 Å². The predicted molar refractivity (Wildman–Crippen MR) is 97.6 cm³/mol. The van der Waals surface area contributed by atoms with Crippen molar-refractivity contribution in [2.75, 3.05) is 19.5 Å². The first-order valence-electron chi connectivity index (χ1n) is 7.85. The molecule has 1 N–H and O–H groups in total. The zero-order chi connectivity index (χ0) is 18.2. The number of nitriles is 1. The average Bonchev–Trinajstić information content (AvgIpc) is 2.66. The Labute approximate surface area is 147 Å². The SMILES string of the molecule is CCc1ccc(/C=C(/C#N)C(=O)Nc2ccc(OC)c(OC)c2)cc1. The molecule has 25 heavy (non-hydrogen) atoms. The molecule has 2 aromatic rings. The molecule has 5 heteroatoms. The Morgan fingerprint density at radius 2 is 1.80 bits per heavy atom. The van der Waals surface area contributed by atoms with Gasteiger partial charge in [-0.1, -0.05) is 31.2 Å². The highest BCUT2D eigenvalue weighted by molar-refractivity contribution is 6.09. The van der Waals surface area contributed by atoms with Crippen molar-refractivity contribution < 1.29 is 14.3 Å². The molecular formula is C20H20N2O3. The van der Waals surface area contributed by atoms with Crippen molar-refractivity contribution in [3.05, 3.63) is 59.2 Å². The minimum absolute atomic E-state index is 0.0269. The summed E-state index contributed by atoms with van der Waals surface area (Å²) in [6.07, 6.45) is 2.50. The van der Waals surface area contributed by atoms with Gasteiger partial charge in [-0.05, 0) is 35.8 Å². The lowest BCUT2D eigenvalue weighted by molar-refractivity contribution is -0.112. The number of ether oxygens (including phenoxy) is 2. The molecule has 0 radical (unpaired) electrons. The first-order valence-corrected chi connectivity index (χ1v) is 7.85. The Morgan fingerprint density at radius 1 is 1.12 bits per heavy atom. The van der Waals surface area contributed by atoms with E-state index in [9.17, 15) is 10.1 Å². The maximum atomic E-state index is 12.4. The summed E-state index contributed by atoms with van der Waals surface area (Å²) >= 11 is 0. The third kappa shape index (κ3) is 4.61. The molecule has 0 fully saturated rings. The molecule has 0 bridgehead atoms. The fourth-order valence-electron chi connectivity index (χ4n) is 2.28. The summed E-state index contributed by atoms with van der Waals surface area (Å²) in [7, 11) is 3.06. The van der Waals surface area contributed by atoms with Crippen LogP contribution in [0.4, 0.5) is 5.69 Å². The van der Waals surface area contributed by atoms with Gasteiger partial charge in [0.1, 0.15) is 11.6 Å². The van der Waals surface area contributed by atoms with Crippen LogP contribution in [0.5, 0.6) is 11.5 Å². The number of methoxy groups -OCH3 is 2. The molecule has 0 saturated carbocycles. The molecule has 0 aliphatic carbocycles. The van der Waals surface area contributed by atoms with Crippen LogP contribution >= 0.6 is 0 Å². The van der Waals surface area contributed by atoms with Crippen LogP contribution in [0, 0.1) is 11.3 Å². The number of benzene rings is 2. The summed E-state index contributed by atoms with van der Waals surface area (Å²) in [5.41, 5.74) is 2.55. The van der Waals surface area contributed by atoms with Crippen LogP contribution in [-0.2, 0) is 11.2 Å². The minimum atomic E-state index is -0.478. The normalized spacial score (nSPS) is 10.7. The van der Waals surface area contributed by atoms with Gasteiger partial charge in [0.15, 0.2) is 11.5 Å². The second kappa shape index (κ2) is 8.55. The summed E-state index contributed by atoms with van der Waals surface area (Å²) in [6.45, 7) is 2.07. The van der Waals surface area contributed by atoms with E-state index in [-0.39, 0.29) is 5.57 Å². The van der Waals surface area contributed by atoms with Gasteiger partial charge in [0.2, 0.25) is 0 Å². The first-order chi connectivity index (χ1) is 12.1. The topological polar surface area (TPSA) is 71.4 Å². The molecular weight excluding hydrogens is 316 g/mol. The van der Waals surface area contributed by atoms with Crippen molar-refractivity contribution in [1.82, 2.24) is 0 Å². The zero-order valence-corrected chi connectivity index (χ0v) is 14.5. The average molecular weight is 336 g/mol. The van der Waals surface area contributed by atoms with Crippen LogP contribution < -0.4 is 14.8 Å². The van der Waals surface area contributed by atoms with Gasteiger partial charge < -0.3 is 14.8 Å². The fraction of sp³-hybridized carbons (Fsp3) is 0.200. The number of nitrogens with zero attached hydrogens (tertiary/aromatic N) is 1. The lowest BCUT2D eigenvalue weighted by Gasteiger charge is -2.10. The van der Waals surface area contributed by atoms with Gasteiger partial charge in [0.05, 0.1) is 14.2 Å². The van der Waals surface area contributed by atoms with Gasteiger partial charge in [-0.25, -0.2) is 0 Å². The van der Waals surface area contributed by atoms with E-state index in [1.807, 2.05) is 30.3 Å². The molecule has 1 amide bonds. The highest BCUT2D eigenvalue weighted by atomic mass is 16.5. The molecule has 0 aliphatic rings. The Bertz CT molecular complexity index is 818. The number of anilines is 1. The lowest BCUT2D eigenvalue weighted by atomic mass is 10.1. The zero-order valence-electron chi connectivity index (χ0n) is 14.5. The van der Waals surface area contributed by atoms with Crippen molar-refractivity contribution in [2.45, 2.75) is 13.3 Å². The van der Waals surface area contributed by atoms with Gasteiger partial charge in [0, 0.05) is 11.8 Å². The Morgan fingerprint density at radius 3 is 2.36 bits per heavy atom. The number of hydrogen-bond acceptors (Lipinski definition) is 4. The monoisotopic (exact) mass is 336 g/mol. The van der Waals surface area contributed by atoms with Crippen LogP contribution in [0.15, 0.2) is 48.0 Å². The number of nitrogens with one attached hydrogen (secondary N) is 1. The third-order valence-electron chi connectivity index (χ3n) is 3.71. The van der Waals surface area contributed by atoms with E-state index >= 15 is 0 Å². The van der Waals surface area contributed by atoms with Gasteiger partial charge in [-0.2, -0.15) is 5.26 Å². The van der Waals surface area contributed by atoms with Crippen LogP contribution in [-0.4, -0.2) is 20.1 Å². The standard InChI is InChI=1S/C20H20N2O3/c1-4-14-5-7-15(8-6-14)11-16(13-21)20(23)22-17-9-10-18(24-2)19(12-17)25-3/h5-12H,4H2,1-3H3,(H,22,23)/b16-11-. The third-order valence-corrected chi connectivity index (χ3v) is 3.71. The number of rotatable bonds is 6. The van der Waals surface area contributed by atoms with Crippen molar-refractivity contribution in [2.24, 2.45) is 0 Å². The summed E-state index contributed by atoms with van der Waals surface area (Å²) in [4.78, 5) is 12.4. The lowest BCUT2D eigenvalue weighted by Crippen LogP contribution is -2.13. The largest absolute Gasteiger partial charge is 0.493 e. The second-order valence-electron chi connectivity index (χ2n) is 5.29. The molecule has 2 rings (SSSR count). The quantitative estimate of drug-likeness (QED) is 0.643. The van der Waals surface area contributed by atoms with Crippen molar-refractivity contribution in [3.63, 3.8) is 0 Å². The van der Waals surface area contributed by atoms with Crippen LogP contribution in [0.1, 0.15) is 18.1 Å². The number of hydrogen-bond donors (Lipinski definition) is 1. The van der Waals surface area contributed by atoms with E-state index < -0.39 is 5.91 Å². The number of aryl methyl sites for hydroxylation is 1. The van der Waals surface area contributed by atoms with Gasteiger partial charge >= 0.3 is 0 Å². The predicted octanol–water partition coefficient (Wildman–Crippen LogP) is 3.81. The van der Waals surface area contributed by atoms with Gasteiger partial charge in [0.25, 0.3) is 5.91 Å². The molecule has 0 aliphatic heterocycles. The van der Waals surface area contributed by atoms with Crippen LogP contribution in [0.25, 0.3) is 6.08 Å². The second-order valence-corrected chi connectivity index (χ2v) is 5.29. The smallest absolute Gasteiger partial charge is 0.266 e. The molecule has 0 heterocycles. The summed E-state index contributed by atoms with van der Waals surface area (Å²) in [5, 5.41) is 12.0. The number of carbonyl (C=O) groups excluding carboxylic acids is 1. The summed E-state index contributed by atoms with van der Waals surface area (Å²) in [5.74, 6) is 0.583. The molecule has 5 nitrogen and oxygen atoms in total. The highest BCUT2D eigenvalue weighted by Crippen LogP contribution is 2.29. The fourth-order valence-corrected chi connectivity index (χ4v) is 2.28. The Hall–Kier alpha value is -3.26. The van der Waals surface area contributed by atoms with E-state index in [2.05, 4.69) is 12.2 Å². The summed E-state index contributed by atoms with van der Waals surface area (Å²) < 4.78 is 10.4. The van der Waals surface area contributed by atoms with E-state index in [0.717, 1.165) is 12.0 Å².